The number of hydrogen-bond donors (Lipinski definition) is 2. The predicted octanol–water partition coefficient (Wildman–Crippen LogP) is 2.46. The lowest BCUT2D eigenvalue weighted by molar-refractivity contribution is 0.411. The summed E-state index contributed by atoms with van der Waals surface area (Å²) in [6.07, 6.45) is 0.912. The maximum atomic E-state index is 5.82. The number of nitrogens with one attached hydrogen (secondary N) is 1. The van der Waals surface area contributed by atoms with Crippen molar-refractivity contribution in [2.24, 2.45) is 5.73 Å². The first-order chi connectivity index (χ1) is 7.58. The van der Waals surface area contributed by atoms with Crippen LogP contribution in [0.15, 0.2) is 22.7 Å². The Kier molecular flexibility index (Phi) is 5.25. The molecule has 1 rings (SSSR count). The third-order valence-corrected chi connectivity index (χ3v) is 3.15. The molecule has 0 saturated heterocycles. The van der Waals surface area contributed by atoms with Crippen LogP contribution in [0, 0.1) is 0 Å². The monoisotopic (exact) mass is 286 g/mol. The van der Waals surface area contributed by atoms with E-state index >= 15 is 0 Å². The largest absolute Gasteiger partial charge is 0.496 e. The lowest BCUT2D eigenvalue weighted by Gasteiger charge is -2.19. The lowest BCUT2D eigenvalue weighted by atomic mass is 10.0. The van der Waals surface area contributed by atoms with Crippen molar-refractivity contribution in [3.05, 3.63) is 28.2 Å². The average molecular weight is 287 g/mol. The number of ether oxygens (including phenoxy) is 1. The Balaban J connectivity index is 2.89. The molecule has 0 radical (unpaired) electrons. The van der Waals surface area contributed by atoms with Gasteiger partial charge in [-0.15, -0.1) is 0 Å². The summed E-state index contributed by atoms with van der Waals surface area (Å²) in [5, 5.41) is 3.27. The highest BCUT2D eigenvalue weighted by molar-refractivity contribution is 9.10. The molecule has 16 heavy (non-hydrogen) atoms. The van der Waals surface area contributed by atoms with Crippen molar-refractivity contribution in [2.75, 3.05) is 14.2 Å². The van der Waals surface area contributed by atoms with Gasteiger partial charge in [0.1, 0.15) is 5.75 Å². The van der Waals surface area contributed by atoms with Gasteiger partial charge in [0.25, 0.3) is 0 Å². The molecule has 0 aliphatic rings. The normalized spacial score (nSPS) is 14.6. The number of benzene rings is 1. The maximum absolute atomic E-state index is 5.82. The highest BCUT2D eigenvalue weighted by atomic mass is 79.9. The topological polar surface area (TPSA) is 47.3 Å². The molecule has 0 aromatic heterocycles. The van der Waals surface area contributed by atoms with Crippen molar-refractivity contribution >= 4 is 15.9 Å². The Bertz CT molecular complexity index is 342. The van der Waals surface area contributed by atoms with Crippen molar-refractivity contribution in [1.82, 2.24) is 5.32 Å². The van der Waals surface area contributed by atoms with Crippen LogP contribution in [0.2, 0.25) is 0 Å². The SMILES string of the molecule is CNC(CC(C)N)c1ccc(OC)c(Br)c1. The van der Waals surface area contributed by atoms with Crippen LogP contribution in [0.5, 0.6) is 5.75 Å². The Morgan fingerprint density at radius 1 is 1.50 bits per heavy atom. The van der Waals surface area contributed by atoms with E-state index in [1.807, 2.05) is 20.0 Å². The Labute approximate surface area is 105 Å². The fraction of sp³-hybridized carbons (Fsp3) is 0.500. The van der Waals surface area contributed by atoms with E-state index in [9.17, 15) is 0 Å². The van der Waals surface area contributed by atoms with Crippen molar-refractivity contribution in [3.63, 3.8) is 0 Å². The molecule has 90 valence electrons. The van der Waals surface area contributed by atoms with E-state index in [0.717, 1.165) is 16.6 Å². The highest BCUT2D eigenvalue weighted by Crippen LogP contribution is 2.29. The van der Waals surface area contributed by atoms with Crippen LogP contribution in [0.1, 0.15) is 24.9 Å². The van der Waals surface area contributed by atoms with Gasteiger partial charge in [0.15, 0.2) is 0 Å². The van der Waals surface area contributed by atoms with E-state index in [4.69, 9.17) is 10.5 Å². The summed E-state index contributed by atoms with van der Waals surface area (Å²) >= 11 is 3.49. The summed E-state index contributed by atoms with van der Waals surface area (Å²) in [5.74, 6) is 0.847. The fourth-order valence-electron chi connectivity index (χ4n) is 1.69. The first-order valence-electron chi connectivity index (χ1n) is 5.34. The number of nitrogens with two attached hydrogens (primary N) is 1. The van der Waals surface area contributed by atoms with Gasteiger partial charge in [-0.3, -0.25) is 0 Å². The summed E-state index contributed by atoms with van der Waals surface area (Å²) in [6.45, 7) is 2.02. The molecule has 0 spiro atoms. The van der Waals surface area contributed by atoms with Gasteiger partial charge < -0.3 is 15.8 Å². The van der Waals surface area contributed by atoms with Gasteiger partial charge in [-0.05, 0) is 54.0 Å². The Hall–Kier alpha value is -0.580. The van der Waals surface area contributed by atoms with E-state index in [0.29, 0.717) is 0 Å². The molecule has 0 saturated carbocycles. The summed E-state index contributed by atoms with van der Waals surface area (Å²) in [6, 6.07) is 6.56. The number of hydrogen-bond acceptors (Lipinski definition) is 3. The van der Waals surface area contributed by atoms with E-state index in [1.54, 1.807) is 7.11 Å². The zero-order valence-electron chi connectivity index (χ0n) is 9.96. The molecule has 0 heterocycles. The van der Waals surface area contributed by atoms with E-state index in [2.05, 4.69) is 33.4 Å². The molecule has 1 aromatic rings. The molecular weight excluding hydrogens is 268 g/mol. The minimum absolute atomic E-state index is 0.179. The Morgan fingerprint density at radius 2 is 2.19 bits per heavy atom. The van der Waals surface area contributed by atoms with E-state index < -0.39 is 0 Å². The molecule has 0 bridgehead atoms. The summed E-state index contributed by atoms with van der Waals surface area (Å²) in [4.78, 5) is 0. The zero-order valence-corrected chi connectivity index (χ0v) is 11.5. The van der Waals surface area contributed by atoms with Crippen LogP contribution in [0.3, 0.4) is 0 Å². The molecule has 4 heteroatoms. The lowest BCUT2D eigenvalue weighted by Crippen LogP contribution is -2.25. The minimum Gasteiger partial charge on any atom is -0.496 e. The van der Waals surface area contributed by atoms with Crippen LogP contribution in [-0.4, -0.2) is 20.2 Å². The van der Waals surface area contributed by atoms with Crippen LogP contribution in [0.25, 0.3) is 0 Å². The smallest absolute Gasteiger partial charge is 0.133 e. The first kappa shape index (κ1) is 13.5. The van der Waals surface area contributed by atoms with Gasteiger partial charge in [0, 0.05) is 12.1 Å². The van der Waals surface area contributed by atoms with Crippen LogP contribution < -0.4 is 15.8 Å². The minimum atomic E-state index is 0.179. The molecule has 2 atom stereocenters. The van der Waals surface area contributed by atoms with Crippen molar-refractivity contribution in [1.29, 1.82) is 0 Å². The molecule has 1 aromatic carbocycles. The zero-order chi connectivity index (χ0) is 12.1. The summed E-state index contributed by atoms with van der Waals surface area (Å²) in [7, 11) is 3.61. The van der Waals surface area contributed by atoms with E-state index in [1.165, 1.54) is 5.56 Å². The number of methoxy groups -OCH3 is 1. The number of halogens is 1. The second-order valence-electron chi connectivity index (χ2n) is 3.95. The molecule has 2 unspecified atom stereocenters. The molecule has 3 N–H and O–H groups in total. The van der Waals surface area contributed by atoms with Crippen molar-refractivity contribution in [3.8, 4) is 5.75 Å². The second kappa shape index (κ2) is 6.23. The quantitative estimate of drug-likeness (QED) is 0.874. The third kappa shape index (κ3) is 3.47. The third-order valence-electron chi connectivity index (χ3n) is 2.53. The van der Waals surface area contributed by atoms with Gasteiger partial charge in [0.05, 0.1) is 11.6 Å². The average Bonchev–Trinajstić information content (AvgIpc) is 2.25. The van der Waals surface area contributed by atoms with Gasteiger partial charge in [-0.2, -0.15) is 0 Å². The molecular formula is C12H19BrN2O. The van der Waals surface area contributed by atoms with Gasteiger partial charge in [-0.1, -0.05) is 6.07 Å². The molecule has 3 nitrogen and oxygen atoms in total. The predicted molar refractivity (Wildman–Crippen MR) is 70.8 cm³/mol. The van der Waals surface area contributed by atoms with Crippen molar-refractivity contribution in [2.45, 2.75) is 25.4 Å². The van der Waals surface area contributed by atoms with Crippen LogP contribution in [0.4, 0.5) is 0 Å². The molecule has 0 aliphatic heterocycles. The fourth-order valence-corrected chi connectivity index (χ4v) is 2.25. The highest BCUT2D eigenvalue weighted by Gasteiger charge is 2.12. The summed E-state index contributed by atoms with van der Waals surface area (Å²) in [5.41, 5.74) is 7.04. The second-order valence-corrected chi connectivity index (χ2v) is 4.80. The van der Waals surface area contributed by atoms with Crippen LogP contribution in [-0.2, 0) is 0 Å². The van der Waals surface area contributed by atoms with Crippen LogP contribution >= 0.6 is 15.9 Å². The van der Waals surface area contributed by atoms with E-state index in [-0.39, 0.29) is 12.1 Å². The molecule has 0 amide bonds. The molecule has 0 aliphatic carbocycles. The van der Waals surface area contributed by atoms with Gasteiger partial charge in [0.2, 0.25) is 0 Å². The van der Waals surface area contributed by atoms with Gasteiger partial charge >= 0.3 is 0 Å². The van der Waals surface area contributed by atoms with Gasteiger partial charge in [-0.25, -0.2) is 0 Å². The first-order valence-corrected chi connectivity index (χ1v) is 6.14. The van der Waals surface area contributed by atoms with Crippen molar-refractivity contribution < 1.29 is 4.74 Å². The summed E-state index contributed by atoms with van der Waals surface area (Å²) < 4.78 is 6.17. The Morgan fingerprint density at radius 3 is 2.62 bits per heavy atom. The standard InChI is InChI=1S/C12H19BrN2O/c1-8(14)6-11(15-2)9-4-5-12(16-3)10(13)7-9/h4-5,7-8,11,15H,6,14H2,1-3H3. The maximum Gasteiger partial charge on any atom is 0.133 e. The molecule has 0 fully saturated rings. The number of rotatable bonds is 5.